The maximum atomic E-state index is 14.4. The molecule has 3 aromatic rings. The average Bonchev–Trinajstić information content (AvgIpc) is 3.31. The molecule has 1 saturated carbocycles. The van der Waals surface area contributed by atoms with Gasteiger partial charge in [0.15, 0.2) is 0 Å². The zero-order chi connectivity index (χ0) is 27.8. The molecule has 39 heavy (non-hydrogen) atoms. The molecular formula is C28H28ClF3N4O3. The van der Waals surface area contributed by atoms with E-state index in [1.165, 1.54) is 24.3 Å². The van der Waals surface area contributed by atoms with Crippen molar-refractivity contribution in [2.24, 2.45) is 11.3 Å². The third-order valence-corrected chi connectivity index (χ3v) is 8.06. The van der Waals surface area contributed by atoms with E-state index >= 15 is 0 Å². The standard InChI is InChI=1S/C28H28ClF3N4O3/c29-19-6-7-20(21(14-19)17-4-2-1-3-5-17)24(28(30,31)32)39-23-15-22(34-26(33)35-23)36-12-10-27(11-13-36)9-8-18(16-27)25(37)38/h1-7,14-15,18,24H,8-13,16H2,(H,37,38)(H2,33,34,35)/t18-,24+/m0/s1. The molecule has 3 N–H and O–H groups in total. The maximum absolute atomic E-state index is 14.4. The number of ether oxygens (including phenoxy) is 1. The van der Waals surface area contributed by atoms with E-state index in [-0.39, 0.29) is 28.7 Å². The van der Waals surface area contributed by atoms with Gasteiger partial charge in [-0.05, 0) is 60.8 Å². The number of anilines is 2. The van der Waals surface area contributed by atoms with Crippen LogP contribution in [-0.2, 0) is 4.79 Å². The SMILES string of the molecule is Nc1nc(O[C@H](c2ccc(Cl)cc2-c2ccccc2)C(F)(F)F)cc(N2CCC3(CC[C@H](C(=O)O)C3)CC2)n1. The van der Waals surface area contributed by atoms with Gasteiger partial charge in [0, 0.05) is 29.7 Å². The number of aliphatic carboxylic acids is 1. The lowest BCUT2D eigenvalue weighted by atomic mass is 9.76. The van der Waals surface area contributed by atoms with Crippen LogP contribution >= 0.6 is 11.6 Å². The van der Waals surface area contributed by atoms with Crippen LogP contribution in [-0.4, -0.2) is 40.3 Å². The lowest BCUT2D eigenvalue weighted by molar-refractivity contribution is -0.198. The van der Waals surface area contributed by atoms with Crippen molar-refractivity contribution in [3.05, 3.63) is 65.2 Å². The lowest BCUT2D eigenvalue weighted by Crippen LogP contribution is -2.39. The van der Waals surface area contributed by atoms with Gasteiger partial charge in [0.25, 0.3) is 0 Å². The second-order valence-electron chi connectivity index (χ2n) is 10.3. The second-order valence-corrected chi connectivity index (χ2v) is 10.8. The van der Waals surface area contributed by atoms with Crippen molar-refractivity contribution in [3.8, 4) is 17.0 Å². The Bertz CT molecular complexity index is 1350. The quantitative estimate of drug-likeness (QED) is 0.353. The minimum atomic E-state index is -4.77. The van der Waals surface area contributed by atoms with Gasteiger partial charge in [0.05, 0.1) is 5.92 Å². The molecule has 1 spiro atoms. The van der Waals surface area contributed by atoms with Gasteiger partial charge in [-0.25, -0.2) is 0 Å². The summed E-state index contributed by atoms with van der Waals surface area (Å²) in [6.45, 7) is 1.17. The molecule has 2 heterocycles. The fourth-order valence-corrected chi connectivity index (χ4v) is 5.96. The van der Waals surface area contributed by atoms with E-state index in [1.54, 1.807) is 30.3 Å². The number of hydrogen-bond acceptors (Lipinski definition) is 6. The maximum Gasteiger partial charge on any atom is 0.429 e. The van der Waals surface area contributed by atoms with Crippen molar-refractivity contribution >= 4 is 29.3 Å². The molecule has 2 fully saturated rings. The number of carboxylic acid groups (broad SMARTS) is 1. The Balaban J connectivity index is 1.40. The molecule has 7 nitrogen and oxygen atoms in total. The predicted molar refractivity (Wildman–Crippen MR) is 142 cm³/mol. The molecule has 1 saturated heterocycles. The highest BCUT2D eigenvalue weighted by Gasteiger charge is 2.46. The van der Waals surface area contributed by atoms with Gasteiger partial charge >= 0.3 is 12.1 Å². The first-order valence-corrected chi connectivity index (χ1v) is 13.1. The fraction of sp³-hybridized carbons (Fsp3) is 0.393. The summed E-state index contributed by atoms with van der Waals surface area (Å²) >= 11 is 6.15. The smallest absolute Gasteiger partial charge is 0.429 e. The Labute approximate surface area is 228 Å². The normalized spacial score (nSPS) is 19.7. The van der Waals surface area contributed by atoms with Gasteiger partial charge in [-0.2, -0.15) is 23.1 Å². The largest absolute Gasteiger partial charge is 0.481 e. The molecule has 2 aliphatic rings. The van der Waals surface area contributed by atoms with Crippen molar-refractivity contribution in [1.29, 1.82) is 0 Å². The number of alkyl halides is 3. The van der Waals surface area contributed by atoms with Crippen molar-refractivity contribution in [2.75, 3.05) is 23.7 Å². The van der Waals surface area contributed by atoms with Gasteiger partial charge in [-0.1, -0.05) is 48.0 Å². The van der Waals surface area contributed by atoms with Crippen LogP contribution in [0.1, 0.15) is 43.8 Å². The molecule has 206 valence electrons. The van der Waals surface area contributed by atoms with Crippen LogP contribution in [0.5, 0.6) is 5.88 Å². The van der Waals surface area contributed by atoms with Crippen molar-refractivity contribution in [1.82, 2.24) is 9.97 Å². The number of rotatable bonds is 6. The van der Waals surface area contributed by atoms with E-state index in [1.807, 2.05) is 4.90 Å². The summed E-state index contributed by atoms with van der Waals surface area (Å²) in [6.07, 6.45) is -3.38. The summed E-state index contributed by atoms with van der Waals surface area (Å²) in [5.41, 5.74) is 6.63. The average molecular weight is 561 g/mol. The minimum absolute atomic E-state index is 0.0265. The number of halogens is 4. The predicted octanol–water partition coefficient (Wildman–Crippen LogP) is 6.53. The molecule has 0 amide bonds. The first-order chi connectivity index (χ1) is 18.5. The number of piperidine rings is 1. The van der Waals surface area contributed by atoms with E-state index < -0.39 is 18.2 Å². The van der Waals surface area contributed by atoms with Crippen molar-refractivity contribution < 1.29 is 27.8 Å². The van der Waals surface area contributed by atoms with Crippen molar-refractivity contribution in [2.45, 2.75) is 44.4 Å². The van der Waals surface area contributed by atoms with Crippen LogP contribution in [0.15, 0.2) is 54.6 Å². The molecule has 1 aliphatic carbocycles. The van der Waals surface area contributed by atoms with E-state index in [4.69, 9.17) is 22.1 Å². The number of carbonyl (C=O) groups is 1. The lowest BCUT2D eigenvalue weighted by Gasteiger charge is -2.40. The number of hydrogen-bond donors (Lipinski definition) is 2. The van der Waals surface area contributed by atoms with Crippen LogP contribution in [0.2, 0.25) is 5.02 Å². The third kappa shape index (κ3) is 5.90. The highest BCUT2D eigenvalue weighted by Crippen LogP contribution is 2.49. The molecule has 1 aliphatic heterocycles. The van der Waals surface area contributed by atoms with E-state index in [2.05, 4.69) is 9.97 Å². The van der Waals surface area contributed by atoms with E-state index in [0.29, 0.717) is 47.9 Å². The van der Waals surface area contributed by atoms with E-state index in [0.717, 1.165) is 19.3 Å². The van der Waals surface area contributed by atoms with Gasteiger partial charge in [-0.15, -0.1) is 0 Å². The number of carboxylic acids is 1. The second kappa shape index (κ2) is 10.6. The summed E-state index contributed by atoms with van der Waals surface area (Å²) in [5.74, 6) is -1.19. The van der Waals surface area contributed by atoms with Gasteiger partial charge in [0.1, 0.15) is 5.82 Å². The first-order valence-electron chi connectivity index (χ1n) is 12.7. The van der Waals surface area contributed by atoms with E-state index in [9.17, 15) is 23.1 Å². The summed E-state index contributed by atoms with van der Waals surface area (Å²) in [7, 11) is 0. The van der Waals surface area contributed by atoms with Crippen LogP contribution in [0, 0.1) is 11.3 Å². The molecule has 5 rings (SSSR count). The molecule has 2 aromatic carbocycles. The number of nitrogens with two attached hydrogens (primary N) is 1. The zero-order valence-electron chi connectivity index (χ0n) is 21.0. The number of nitrogen functional groups attached to an aromatic ring is 1. The topological polar surface area (TPSA) is 102 Å². The summed E-state index contributed by atoms with van der Waals surface area (Å²) in [6, 6.07) is 14.2. The molecule has 0 radical (unpaired) electrons. The highest BCUT2D eigenvalue weighted by molar-refractivity contribution is 6.30. The summed E-state index contributed by atoms with van der Waals surface area (Å²) in [4.78, 5) is 21.6. The number of aromatic nitrogens is 2. The third-order valence-electron chi connectivity index (χ3n) is 7.82. The first kappa shape index (κ1) is 27.1. The van der Waals surface area contributed by atoms with Gasteiger partial charge < -0.3 is 20.5 Å². The molecule has 0 unspecified atom stereocenters. The Morgan fingerprint density at radius 3 is 2.46 bits per heavy atom. The molecular weight excluding hydrogens is 533 g/mol. The van der Waals surface area contributed by atoms with Crippen molar-refractivity contribution in [3.63, 3.8) is 0 Å². The van der Waals surface area contributed by atoms with Gasteiger partial charge in [-0.3, -0.25) is 4.79 Å². The molecule has 11 heteroatoms. The zero-order valence-corrected chi connectivity index (χ0v) is 21.8. The molecule has 0 bridgehead atoms. The van der Waals surface area contributed by atoms with Crippen LogP contribution in [0.25, 0.3) is 11.1 Å². The summed E-state index contributed by atoms with van der Waals surface area (Å²) in [5, 5.41) is 9.68. The van der Waals surface area contributed by atoms with Crippen LogP contribution in [0.3, 0.4) is 0 Å². The Kier molecular flexibility index (Phi) is 7.33. The summed E-state index contributed by atoms with van der Waals surface area (Å²) < 4.78 is 48.8. The van der Waals surface area contributed by atoms with Crippen LogP contribution in [0.4, 0.5) is 24.9 Å². The number of nitrogens with zero attached hydrogens (tertiary/aromatic N) is 3. The fourth-order valence-electron chi connectivity index (χ4n) is 5.79. The Morgan fingerprint density at radius 1 is 1.10 bits per heavy atom. The van der Waals surface area contributed by atoms with Gasteiger partial charge in [0.2, 0.25) is 17.9 Å². The molecule has 1 aromatic heterocycles. The van der Waals surface area contributed by atoms with Crippen LogP contribution < -0.4 is 15.4 Å². The Morgan fingerprint density at radius 2 is 1.82 bits per heavy atom. The minimum Gasteiger partial charge on any atom is -0.481 e. The number of benzene rings is 2. The molecule has 2 atom stereocenters. The highest BCUT2D eigenvalue weighted by atomic mass is 35.5. The monoisotopic (exact) mass is 560 g/mol. The Hall–Kier alpha value is -3.53.